The maximum absolute atomic E-state index is 13.0. The van der Waals surface area contributed by atoms with Crippen LogP contribution >= 0.6 is 0 Å². The third kappa shape index (κ3) is 2.19. The van der Waals surface area contributed by atoms with Crippen LogP contribution in [0.2, 0.25) is 0 Å². The van der Waals surface area contributed by atoms with E-state index in [2.05, 4.69) is 0 Å². The number of halogens is 1. The first-order valence-corrected chi connectivity index (χ1v) is 6.67. The van der Waals surface area contributed by atoms with E-state index in [1.54, 1.807) is 0 Å². The number of nitrogens with two attached hydrogens (primary N) is 1. The molecule has 6 nitrogen and oxygen atoms in total. The molecule has 1 fully saturated rings. The number of benzene rings is 1. The average molecular weight is 276 g/mol. The Kier molecular flexibility index (Phi) is 3.28. The lowest BCUT2D eigenvalue weighted by molar-refractivity contribution is 0.0572. The van der Waals surface area contributed by atoms with Crippen molar-refractivity contribution in [3.05, 3.63) is 24.0 Å². The maximum atomic E-state index is 13.0. The number of hydrogen-bond acceptors (Lipinski definition) is 5. The number of sulfonamides is 1. The Morgan fingerprint density at radius 1 is 1.28 bits per heavy atom. The highest BCUT2D eigenvalue weighted by Crippen LogP contribution is 2.23. The summed E-state index contributed by atoms with van der Waals surface area (Å²) in [6.45, 7) is -0.387. The summed E-state index contributed by atoms with van der Waals surface area (Å²) in [5.74, 6) is -0.699. The SMILES string of the molecule is Nc1cc(S(=O)(=O)N2CC(O)C(O)C2)ccc1F. The summed E-state index contributed by atoms with van der Waals surface area (Å²) < 4.78 is 38.1. The fourth-order valence-corrected chi connectivity index (χ4v) is 3.27. The second kappa shape index (κ2) is 4.47. The van der Waals surface area contributed by atoms with Crippen LogP contribution in [0.15, 0.2) is 23.1 Å². The van der Waals surface area contributed by atoms with Crippen LogP contribution in [-0.4, -0.2) is 48.2 Å². The molecule has 0 bridgehead atoms. The van der Waals surface area contributed by atoms with Crippen molar-refractivity contribution in [1.29, 1.82) is 0 Å². The number of rotatable bonds is 2. The van der Waals surface area contributed by atoms with Crippen LogP contribution in [0.3, 0.4) is 0 Å². The van der Waals surface area contributed by atoms with Gasteiger partial charge in [-0.1, -0.05) is 0 Å². The summed E-state index contributed by atoms with van der Waals surface area (Å²) in [6.07, 6.45) is -2.23. The van der Waals surface area contributed by atoms with Crippen molar-refractivity contribution in [1.82, 2.24) is 4.31 Å². The highest BCUT2D eigenvalue weighted by molar-refractivity contribution is 7.89. The Hall–Kier alpha value is -1.22. The molecule has 1 saturated heterocycles. The van der Waals surface area contributed by atoms with Gasteiger partial charge in [0.05, 0.1) is 22.8 Å². The zero-order chi connectivity index (χ0) is 13.5. The maximum Gasteiger partial charge on any atom is 0.243 e. The van der Waals surface area contributed by atoms with E-state index in [1.165, 1.54) is 0 Å². The van der Waals surface area contributed by atoms with E-state index in [0.29, 0.717) is 0 Å². The number of anilines is 1. The second-order valence-electron chi connectivity index (χ2n) is 4.14. The number of aliphatic hydroxyl groups excluding tert-OH is 2. The van der Waals surface area contributed by atoms with Crippen molar-refractivity contribution in [2.24, 2.45) is 0 Å². The van der Waals surface area contributed by atoms with Gasteiger partial charge < -0.3 is 15.9 Å². The highest BCUT2D eigenvalue weighted by atomic mass is 32.2. The summed E-state index contributed by atoms with van der Waals surface area (Å²) in [7, 11) is -3.88. The molecule has 18 heavy (non-hydrogen) atoms. The van der Waals surface area contributed by atoms with Crippen molar-refractivity contribution < 1.29 is 23.0 Å². The molecule has 1 aliphatic rings. The lowest BCUT2D eigenvalue weighted by Crippen LogP contribution is -2.30. The van der Waals surface area contributed by atoms with Crippen molar-refractivity contribution in [2.75, 3.05) is 18.8 Å². The Morgan fingerprint density at radius 2 is 1.83 bits per heavy atom. The van der Waals surface area contributed by atoms with Gasteiger partial charge in [0.1, 0.15) is 5.82 Å². The van der Waals surface area contributed by atoms with Gasteiger partial charge in [-0.2, -0.15) is 4.31 Å². The smallest absolute Gasteiger partial charge is 0.243 e. The van der Waals surface area contributed by atoms with Crippen LogP contribution in [0.5, 0.6) is 0 Å². The van der Waals surface area contributed by atoms with Gasteiger partial charge in [0.15, 0.2) is 0 Å². The number of hydrogen-bond donors (Lipinski definition) is 3. The van der Waals surface area contributed by atoms with E-state index in [9.17, 15) is 23.0 Å². The number of aliphatic hydroxyl groups is 2. The second-order valence-corrected chi connectivity index (χ2v) is 6.08. The molecule has 100 valence electrons. The molecular formula is C10H13FN2O4S. The molecule has 8 heteroatoms. The topological polar surface area (TPSA) is 104 Å². The molecule has 1 aromatic carbocycles. The van der Waals surface area contributed by atoms with E-state index in [4.69, 9.17) is 5.73 Å². The van der Waals surface area contributed by atoms with Crippen LogP contribution in [0.1, 0.15) is 0 Å². The first kappa shape index (κ1) is 13.2. The van der Waals surface area contributed by atoms with Gasteiger partial charge in [0, 0.05) is 13.1 Å². The zero-order valence-electron chi connectivity index (χ0n) is 9.32. The quantitative estimate of drug-likeness (QED) is 0.609. The van der Waals surface area contributed by atoms with Crippen molar-refractivity contribution in [2.45, 2.75) is 17.1 Å². The van der Waals surface area contributed by atoms with Crippen LogP contribution in [0.25, 0.3) is 0 Å². The van der Waals surface area contributed by atoms with Crippen molar-refractivity contribution in [3.63, 3.8) is 0 Å². The molecule has 2 rings (SSSR count). The molecule has 1 aromatic rings. The fourth-order valence-electron chi connectivity index (χ4n) is 1.76. The van der Waals surface area contributed by atoms with Crippen LogP contribution in [0.4, 0.5) is 10.1 Å². The summed E-state index contributed by atoms with van der Waals surface area (Å²) in [5, 5.41) is 18.7. The van der Waals surface area contributed by atoms with E-state index in [1.807, 2.05) is 0 Å². The Labute approximate surface area is 103 Å². The minimum absolute atomic E-state index is 0.164. The Balaban J connectivity index is 2.34. The molecule has 0 spiro atoms. The molecule has 4 N–H and O–H groups in total. The molecule has 0 saturated carbocycles. The van der Waals surface area contributed by atoms with Gasteiger partial charge in [-0.25, -0.2) is 12.8 Å². The molecule has 0 amide bonds. The molecule has 2 unspecified atom stereocenters. The number of nitrogen functional groups attached to an aromatic ring is 1. The van der Waals surface area contributed by atoms with Gasteiger partial charge in [0.2, 0.25) is 10.0 Å². The average Bonchev–Trinajstić information content (AvgIpc) is 2.64. The lowest BCUT2D eigenvalue weighted by atomic mass is 10.3. The van der Waals surface area contributed by atoms with E-state index in [0.717, 1.165) is 22.5 Å². The van der Waals surface area contributed by atoms with Gasteiger partial charge in [-0.05, 0) is 18.2 Å². The molecule has 0 aliphatic carbocycles. The molecule has 2 atom stereocenters. The zero-order valence-corrected chi connectivity index (χ0v) is 10.1. The first-order valence-electron chi connectivity index (χ1n) is 5.23. The summed E-state index contributed by atoms with van der Waals surface area (Å²) >= 11 is 0. The van der Waals surface area contributed by atoms with E-state index in [-0.39, 0.29) is 23.7 Å². The van der Waals surface area contributed by atoms with Crippen molar-refractivity contribution >= 4 is 15.7 Å². The van der Waals surface area contributed by atoms with Gasteiger partial charge in [0.25, 0.3) is 0 Å². The number of nitrogens with zero attached hydrogens (tertiary/aromatic N) is 1. The predicted octanol–water partition coefficient (Wildman–Crippen LogP) is -0.866. The predicted molar refractivity (Wildman–Crippen MR) is 61.6 cm³/mol. The molecule has 0 aromatic heterocycles. The highest BCUT2D eigenvalue weighted by Gasteiger charge is 2.37. The van der Waals surface area contributed by atoms with E-state index >= 15 is 0 Å². The fraction of sp³-hybridized carbons (Fsp3) is 0.400. The van der Waals surface area contributed by atoms with Crippen LogP contribution in [-0.2, 0) is 10.0 Å². The molecule has 0 radical (unpaired) electrons. The summed E-state index contributed by atoms with van der Waals surface area (Å²) in [5.41, 5.74) is 5.05. The lowest BCUT2D eigenvalue weighted by Gasteiger charge is -2.15. The first-order chi connectivity index (χ1) is 8.32. The summed E-state index contributed by atoms with van der Waals surface area (Å²) in [4.78, 5) is -0.164. The van der Waals surface area contributed by atoms with Gasteiger partial charge in [-0.3, -0.25) is 0 Å². The monoisotopic (exact) mass is 276 g/mol. The van der Waals surface area contributed by atoms with Gasteiger partial charge >= 0.3 is 0 Å². The van der Waals surface area contributed by atoms with Gasteiger partial charge in [-0.15, -0.1) is 0 Å². The molecule has 1 aliphatic heterocycles. The minimum Gasteiger partial charge on any atom is -0.396 e. The minimum atomic E-state index is -3.88. The Bertz CT molecular complexity index is 553. The van der Waals surface area contributed by atoms with Crippen LogP contribution < -0.4 is 5.73 Å². The summed E-state index contributed by atoms with van der Waals surface area (Å²) in [6, 6.07) is 3.07. The molecule has 1 heterocycles. The number of β-amino-alcohol motifs (C(OH)–C–C–N with tert-alkyl or cyclic N) is 2. The third-order valence-corrected chi connectivity index (χ3v) is 4.66. The molecular weight excluding hydrogens is 263 g/mol. The standard InChI is InChI=1S/C10H13FN2O4S/c11-7-2-1-6(3-8(7)12)18(16,17)13-4-9(14)10(15)5-13/h1-3,9-10,14-15H,4-5,12H2. The van der Waals surface area contributed by atoms with E-state index < -0.39 is 28.0 Å². The van der Waals surface area contributed by atoms with Crippen LogP contribution in [0, 0.1) is 5.82 Å². The third-order valence-electron chi connectivity index (χ3n) is 2.83. The normalized spacial score (nSPS) is 25.5. The van der Waals surface area contributed by atoms with Crippen molar-refractivity contribution in [3.8, 4) is 0 Å². The Morgan fingerprint density at radius 3 is 2.33 bits per heavy atom. The largest absolute Gasteiger partial charge is 0.396 e.